The fraction of sp³-hybridized carbons (Fsp3) is 0.906. The Morgan fingerprint density at radius 3 is 2.23 bits per heavy atom. The van der Waals surface area contributed by atoms with Gasteiger partial charge in [0, 0.05) is 5.41 Å². The Morgan fingerprint density at radius 1 is 0.857 bits per heavy atom. The summed E-state index contributed by atoms with van der Waals surface area (Å²) >= 11 is 5.82. The molecule has 0 unspecified atom stereocenters. The van der Waals surface area contributed by atoms with Crippen LogP contribution in [0.2, 0.25) is 0 Å². The lowest BCUT2D eigenvalue weighted by Crippen LogP contribution is -2.66. The van der Waals surface area contributed by atoms with E-state index in [1.807, 2.05) is 0 Å². The van der Waals surface area contributed by atoms with Gasteiger partial charge in [-0.2, -0.15) is 0 Å². The van der Waals surface area contributed by atoms with Crippen LogP contribution in [-0.2, 0) is 9.53 Å². The van der Waals surface area contributed by atoms with Crippen LogP contribution >= 0.6 is 11.6 Å². The summed E-state index contributed by atoms with van der Waals surface area (Å²) in [6.07, 6.45) is 13.1. The first kappa shape index (κ1) is 26.1. The van der Waals surface area contributed by atoms with Crippen molar-refractivity contribution in [2.75, 3.05) is 5.88 Å². The van der Waals surface area contributed by atoms with Gasteiger partial charge >= 0.3 is 5.97 Å². The Balaban J connectivity index is 1.48. The van der Waals surface area contributed by atoms with Crippen LogP contribution in [0.25, 0.3) is 0 Å². The molecule has 5 aliphatic carbocycles. The number of rotatable bonds is 3. The number of allylic oxidation sites excluding steroid dienone is 1. The lowest BCUT2D eigenvalue weighted by molar-refractivity contribution is -0.248. The van der Waals surface area contributed by atoms with E-state index in [1.54, 1.807) is 0 Å². The summed E-state index contributed by atoms with van der Waals surface area (Å²) < 4.78 is 5.93. The van der Waals surface area contributed by atoms with Crippen LogP contribution in [0.5, 0.6) is 0 Å². The summed E-state index contributed by atoms with van der Waals surface area (Å²) in [7, 11) is 0. The van der Waals surface area contributed by atoms with Gasteiger partial charge in [-0.05, 0) is 122 Å². The van der Waals surface area contributed by atoms with E-state index in [-0.39, 0.29) is 23.4 Å². The number of ether oxygens (including phenoxy) is 1. The Kier molecular flexibility index (Phi) is 6.16. The van der Waals surface area contributed by atoms with Crippen LogP contribution in [0.4, 0.5) is 0 Å². The van der Waals surface area contributed by atoms with Crippen molar-refractivity contribution in [2.45, 2.75) is 119 Å². The van der Waals surface area contributed by atoms with Crippen LogP contribution in [0.15, 0.2) is 12.2 Å². The van der Waals surface area contributed by atoms with Crippen molar-refractivity contribution in [1.29, 1.82) is 0 Å². The van der Waals surface area contributed by atoms with Crippen LogP contribution in [0.3, 0.4) is 0 Å². The molecule has 10 atom stereocenters. The predicted molar refractivity (Wildman–Crippen MR) is 145 cm³/mol. The zero-order valence-electron chi connectivity index (χ0n) is 23.6. The average Bonchev–Trinajstić information content (AvgIpc) is 3.14. The van der Waals surface area contributed by atoms with E-state index in [0.717, 1.165) is 30.1 Å². The van der Waals surface area contributed by atoms with Gasteiger partial charge in [0.2, 0.25) is 0 Å². The number of hydrogen-bond donors (Lipinski definition) is 0. The monoisotopic (exact) mass is 502 g/mol. The molecule has 2 nitrogen and oxygen atoms in total. The molecular weight excluding hydrogens is 452 g/mol. The normalized spacial score (nSPS) is 52.5. The highest BCUT2D eigenvalue weighted by molar-refractivity contribution is 6.26. The third kappa shape index (κ3) is 3.43. The predicted octanol–water partition coefficient (Wildman–Crippen LogP) is 8.81. The van der Waals surface area contributed by atoms with E-state index in [9.17, 15) is 4.79 Å². The zero-order chi connectivity index (χ0) is 25.6. The van der Waals surface area contributed by atoms with Crippen LogP contribution in [0.1, 0.15) is 113 Å². The molecular formula is C32H51ClO2. The van der Waals surface area contributed by atoms with Crippen LogP contribution in [-0.4, -0.2) is 18.0 Å². The molecule has 35 heavy (non-hydrogen) atoms. The highest BCUT2D eigenvalue weighted by atomic mass is 35.5. The molecule has 0 aliphatic heterocycles. The van der Waals surface area contributed by atoms with Crippen molar-refractivity contribution < 1.29 is 9.53 Å². The van der Waals surface area contributed by atoms with Crippen molar-refractivity contribution in [3.63, 3.8) is 0 Å². The molecule has 0 radical (unpaired) electrons. The van der Waals surface area contributed by atoms with Gasteiger partial charge in [0.25, 0.3) is 0 Å². The van der Waals surface area contributed by atoms with Gasteiger partial charge in [-0.15, -0.1) is 11.6 Å². The molecule has 0 N–H and O–H groups in total. The second-order valence-corrected chi connectivity index (χ2v) is 15.6. The van der Waals surface area contributed by atoms with Crippen molar-refractivity contribution in [3.8, 4) is 0 Å². The van der Waals surface area contributed by atoms with Crippen LogP contribution in [0, 0.1) is 56.7 Å². The van der Waals surface area contributed by atoms with Crippen molar-refractivity contribution in [1.82, 2.24) is 0 Å². The fourth-order valence-corrected chi connectivity index (χ4v) is 11.9. The number of hydrogen-bond acceptors (Lipinski definition) is 2. The minimum Gasteiger partial charge on any atom is -0.461 e. The molecule has 5 rings (SSSR count). The van der Waals surface area contributed by atoms with Gasteiger partial charge in [0.05, 0.1) is 0 Å². The molecule has 0 aromatic heterocycles. The van der Waals surface area contributed by atoms with Gasteiger partial charge in [0.15, 0.2) is 0 Å². The van der Waals surface area contributed by atoms with Gasteiger partial charge in [0.1, 0.15) is 12.0 Å². The van der Waals surface area contributed by atoms with E-state index in [2.05, 4.69) is 55.0 Å². The molecule has 0 bridgehead atoms. The SMILES string of the molecule is C=C(C)[C@@H]1CC[C@]2(C)CC[C@]3(C)[C@H](CC[C@@H]4[C@@]5(C)CC[C@H](OC(=O)CCl)C(C)(C)[C@@H]5CC[C@]43C)[C@@H]12. The van der Waals surface area contributed by atoms with E-state index >= 15 is 0 Å². The Bertz CT molecular complexity index is 894. The second kappa shape index (κ2) is 8.25. The van der Waals surface area contributed by atoms with E-state index in [0.29, 0.717) is 27.6 Å². The summed E-state index contributed by atoms with van der Waals surface area (Å²) in [6.45, 7) is 22.2. The first-order chi connectivity index (χ1) is 16.2. The van der Waals surface area contributed by atoms with E-state index in [1.165, 1.54) is 63.4 Å². The minimum atomic E-state index is -0.254. The molecule has 0 aromatic rings. The number of fused-ring (bicyclic) bond motifs is 7. The number of alkyl halides is 1. The topological polar surface area (TPSA) is 26.3 Å². The molecule has 5 saturated carbocycles. The highest BCUT2D eigenvalue weighted by Crippen LogP contribution is 2.77. The lowest BCUT2D eigenvalue weighted by Gasteiger charge is -2.73. The minimum absolute atomic E-state index is 0.00452. The molecule has 0 amide bonds. The number of halogens is 1. The molecule has 3 heteroatoms. The second-order valence-electron chi connectivity index (χ2n) is 15.3. The van der Waals surface area contributed by atoms with Crippen molar-refractivity contribution in [2.24, 2.45) is 56.7 Å². The highest BCUT2D eigenvalue weighted by Gasteiger charge is 2.70. The summed E-state index contributed by atoms with van der Waals surface area (Å²) in [4.78, 5) is 12.1. The zero-order valence-corrected chi connectivity index (χ0v) is 24.4. The van der Waals surface area contributed by atoms with Crippen molar-refractivity contribution in [3.05, 3.63) is 12.2 Å². The third-order valence-corrected chi connectivity index (χ3v) is 14.0. The number of carbonyl (C=O) groups is 1. The molecule has 5 aliphatic rings. The van der Waals surface area contributed by atoms with E-state index < -0.39 is 0 Å². The molecule has 0 heterocycles. The molecule has 5 fully saturated rings. The maximum absolute atomic E-state index is 12.1. The summed E-state index contributed by atoms with van der Waals surface area (Å²) in [5.74, 6) is 3.44. The smallest absolute Gasteiger partial charge is 0.321 e. The average molecular weight is 503 g/mol. The quantitative estimate of drug-likeness (QED) is 0.219. The Morgan fingerprint density at radius 2 is 1.57 bits per heavy atom. The van der Waals surface area contributed by atoms with E-state index in [4.69, 9.17) is 16.3 Å². The largest absolute Gasteiger partial charge is 0.461 e. The maximum atomic E-state index is 12.1. The van der Waals surface area contributed by atoms with Gasteiger partial charge < -0.3 is 4.74 Å². The summed E-state index contributed by atoms with van der Waals surface area (Å²) in [5.41, 5.74) is 3.08. The number of carbonyl (C=O) groups excluding carboxylic acids is 1. The standard InChI is InChI=1S/C32H51ClO2/c1-20(2)21-11-14-29(5)17-18-31(7)22(27(21)29)9-10-24-30(6)15-13-25(35-26(34)19-33)28(3,4)23(30)12-16-32(24,31)8/h21-25,27H,1,9-19H2,2-8H3/t21-,22+,23-,24+,25-,27+,29+,30-,31+,32+/m0/s1. The first-order valence-corrected chi connectivity index (χ1v) is 15.2. The lowest BCUT2D eigenvalue weighted by atomic mass is 9.32. The molecule has 0 saturated heterocycles. The molecule has 0 aromatic carbocycles. The Hall–Kier alpha value is -0.500. The van der Waals surface area contributed by atoms with Crippen molar-refractivity contribution >= 4 is 17.6 Å². The van der Waals surface area contributed by atoms with Gasteiger partial charge in [-0.25, -0.2) is 0 Å². The fourth-order valence-electron chi connectivity index (χ4n) is 11.9. The van der Waals surface area contributed by atoms with Gasteiger partial charge in [-0.3, -0.25) is 4.79 Å². The number of esters is 1. The molecule has 0 spiro atoms. The third-order valence-electron chi connectivity index (χ3n) is 13.8. The van der Waals surface area contributed by atoms with Gasteiger partial charge in [-0.1, -0.05) is 53.7 Å². The summed E-state index contributed by atoms with van der Waals surface area (Å²) in [5, 5.41) is 0. The molecule has 198 valence electrons. The first-order valence-electron chi connectivity index (χ1n) is 14.7. The maximum Gasteiger partial charge on any atom is 0.321 e. The Labute approximate surface area is 220 Å². The summed E-state index contributed by atoms with van der Waals surface area (Å²) in [6, 6.07) is 0. The van der Waals surface area contributed by atoms with Crippen LogP contribution < -0.4 is 0 Å².